The maximum Gasteiger partial charge on any atom is 0.0245 e. The molecule has 98 valence electrons. The summed E-state index contributed by atoms with van der Waals surface area (Å²) in [5.41, 5.74) is 1.99. The molecule has 0 aromatic heterocycles. The number of rotatable bonds is 2. The summed E-state index contributed by atoms with van der Waals surface area (Å²) < 4.78 is 1.24. The van der Waals surface area contributed by atoms with Crippen molar-refractivity contribution in [2.24, 2.45) is 5.41 Å². The molecule has 2 heterocycles. The Labute approximate surface area is 118 Å². The number of hydrogen-bond donors (Lipinski definition) is 1. The summed E-state index contributed by atoms with van der Waals surface area (Å²) in [4.78, 5) is 2.64. The van der Waals surface area contributed by atoms with E-state index in [0.717, 1.165) is 6.54 Å². The zero-order valence-corrected chi connectivity index (χ0v) is 12.4. The molecule has 2 aliphatic rings. The van der Waals surface area contributed by atoms with Crippen molar-refractivity contribution in [1.29, 1.82) is 0 Å². The molecule has 0 amide bonds. The molecule has 2 fully saturated rings. The van der Waals surface area contributed by atoms with Crippen LogP contribution in [0.25, 0.3) is 0 Å². The fraction of sp³-hybridized carbons (Fsp3) is 0.600. The smallest absolute Gasteiger partial charge is 0.0245 e. The highest BCUT2D eigenvalue weighted by Gasteiger charge is 2.37. The van der Waals surface area contributed by atoms with Crippen LogP contribution >= 0.6 is 15.9 Å². The molecule has 1 spiro atoms. The molecule has 1 aromatic carbocycles. The predicted molar refractivity (Wildman–Crippen MR) is 78.6 cm³/mol. The molecule has 1 unspecified atom stereocenters. The van der Waals surface area contributed by atoms with Gasteiger partial charge in [0.05, 0.1) is 0 Å². The topological polar surface area (TPSA) is 15.3 Å². The summed E-state index contributed by atoms with van der Waals surface area (Å²) in [6, 6.07) is 8.60. The van der Waals surface area contributed by atoms with Gasteiger partial charge in [0.25, 0.3) is 0 Å². The van der Waals surface area contributed by atoms with E-state index in [4.69, 9.17) is 0 Å². The van der Waals surface area contributed by atoms with E-state index >= 15 is 0 Å². The summed E-state index contributed by atoms with van der Waals surface area (Å²) in [5.74, 6) is 0. The molecule has 0 saturated carbocycles. The van der Waals surface area contributed by atoms with Crippen LogP contribution in [0.3, 0.4) is 0 Å². The maximum absolute atomic E-state index is 3.66. The van der Waals surface area contributed by atoms with Crippen molar-refractivity contribution in [3.05, 3.63) is 34.3 Å². The van der Waals surface area contributed by atoms with E-state index in [-0.39, 0.29) is 0 Å². The van der Waals surface area contributed by atoms with Gasteiger partial charge in [0.1, 0.15) is 0 Å². The van der Waals surface area contributed by atoms with Gasteiger partial charge in [0.2, 0.25) is 0 Å². The van der Waals surface area contributed by atoms with Crippen LogP contribution in [0.4, 0.5) is 0 Å². The van der Waals surface area contributed by atoms with Crippen LogP contribution in [0, 0.1) is 5.41 Å². The van der Waals surface area contributed by atoms with Crippen LogP contribution < -0.4 is 5.32 Å². The van der Waals surface area contributed by atoms with Gasteiger partial charge in [0.15, 0.2) is 0 Å². The lowest BCUT2D eigenvalue weighted by molar-refractivity contribution is 0.0976. The maximum atomic E-state index is 3.66. The Morgan fingerprint density at radius 3 is 2.94 bits per heavy atom. The molecule has 0 aliphatic carbocycles. The van der Waals surface area contributed by atoms with Gasteiger partial charge in [-0.05, 0) is 49.4 Å². The molecular weight excluding hydrogens is 288 g/mol. The monoisotopic (exact) mass is 308 g/mol. The molecule has 18 heavy (non-hydrogen) atoms. The summed E-state index contributed by atoms with van der Waals surface area (Å²) in [7, 11) is 0. The predicted octanol–water partition coefficient (Wildman–Crippen LogP) is 3.02. The molecule has 1 aromatic rings. The summed E-state index contributed by atoms with van der Waals surface area (Å²) in [6.07, 6.45) is 4.12. The Kier molecular flexibility index (Phi) is 3.73. The highest BCUT2D eigenvalue weighted by atomic mass is 79.9. The summed E-state index contributed by atoms with van der Waals surface area (Å²) in [6.45, 7) is 6.04. The van der Waals surface area contributed by atoms with E-state index in [1.807, 2.05) is 0 Å². The molecule has 2 saturated heterocycles. The first-order chi connectivity index (χ1) is 8.77. The summed E-state index contributed by atoms with van der Waals surface area (Å²) >= 11 is 3.66. The zero-order chi connectivity index (χ0) is 12.4. The Balaban J connectivity index is 1.68. The second-order valence-corrected chi connectivity index (χ2v) is 6.69. The molecule has 0 radical (unpaired) electrons. The van der Waals surface area contributed by atoms with Gasteiger partial charge in [-0.25, -0.2) is 0 Å². The first-order valence-electron chi connectivity index (χ1n) is 6.94. The molecular formula is C15H21BrN2. The quantitative estimate of drug-likeness (QED) is 0.903. The third-order valence-corrected chi connectivity index (χ3v) is 5.20. The molecule has 1 atom stereocenters. The van der Waals surface area contributed by atoms with Gasteiger partial charge in [-0.2, -0.15) is 0 Å². The van der Waals surface area contributed by atoms with Crippen LogP contribution in [-0.4, -0.2) is 31.1 Å². The van der Waals surface area contributed by atoms with Crippen molar-refractivity contribution in [3.8, 4) is 0 Å². The van der Waals surface area contributed by atoms with E-state index in [1.54, 1.807) is 0 Å². The van der Waals surface area contributed by atoms with E-state index < -0.39 is 0 Å². The average Bonchev–Trinajstić information content (AvgIpc) is 2.80. The van der Waals surface area contributed by atoms with Crippen LogP contribution in [0.5, 0.6) is 0 Å². The largest absolute Gasteiger partial charge is 0.316 e. The van der Waals surface area contributed by atoms with Crippen LogP contribution in [0.2, 0.25) is 0 Å². The number of hydrogen-bond acceptors (Lipinski definition) is 2. The third kappa shape index (κ3) is 2.63. The van der Waals surface area contributed by atoms with Crippen molar-refractivity contribution >= 4 is 15.9 Å². The minimum Gasteiger partial charge on any atom is -0.316 e. The van der Waals surface area contributed by atoms with Crippen molar-refractivity contribution in [2.75, 3.05) is 26.2 Å². The molecule has 2 aliphatic heterocycles. The SMILES string of the molecule is Brc1ccccc1CN1CCCC2(CCNC2)C1. The number of piperidine rings is 1. The normalized spacial score (nSPS) is 28.9. The van der Waals surface area contributed by atoms with Gasteiger partial charge in [0, 0.05) is 24.1 Å². The minimum absolute atomic E-state index is 0.569. The number of likely N-dealkylation sites (tertiary alicyclic amines) is 1. The van der Waals surface area contributed by atoms with Crippen LogP contribution in [0.1, 0.15) is 24.8 Å². The van der Waals surface area contributed by atoms with Crippen LogP contribution in [-0.2, 0) is 6.54 Å². The highest BCUT2D eigenvalue weighted by Crippen LogP contribution is 2.36. The highest BCUT2D eigenvalue weighted by molar-refractivity contribution is 9.10. The lowest BCUT2D eigenvalue weighted by Gasteiger charge is -2.40. The van der Waals surface area contributed by atoms with Crippen molar-refractivity contribution in [3.63, 3.8) is 0 Å². The standard InChI is InChI=1S/C15H21BrN2/c16-14-5-2-1-4-13(14)10-18-9-3-6-15(12-18)7-8-17-11-15/h1-2,4-5,17H,3,6-12H2. The van der Waals surface area contributed by atoms with E-state index in [1.165, 1.54) is 55.5 Å². The van der Waals surface area contributed by atoms with Gasteiger partial charge in [-0.1, -0.05) is 34.1 Å². The fourth-order valence-electron chi connectivity index (χ4n) is 3.46. The number of nitrogens with one attached hydrogen (secondary N) is 1. The lowest BCUT2D eigenvalue weighted by atomic mass is 9.79. The Bertz CT molecular complexity index is 413. The fourth-order valence-corrected chi connectivity index (χ4v) is 3.87. The van der Waals surface area contributed by atoms with Gasteiger partial charge < -0.3 is 5.32 Å². The second-order valence-electron chi connectivity index (χ2n) is 5.83. The van der Waals surface area contributed by atoms with Crippen molar-refractivity contribution in [2.45, 2.75) is 25.8 Å². The van der Waals surface area contributed by atoms with E-state index in [0.29, 0.717) is 5.41 Å². The Morgan fingerprint density at radius 1 is 1.28 bits per heavy atom. The van der Waals surface area contributed by atoms with Crippen molar-refractivity contribution < 1.29 is 0 Å². The third-order valence-electron chi connectivity index (χ3n) is 4.42. The number of nitrogens with zero attached hydrogens (tertiary/aromatic N) is 1. The number of benzene rings is 1. The molecule has 3 rings (SSSR count). The molecule has 3 heteroatoms. The van der Waals surface area contributed by atoms with E-state index in [9.17, 15) is 0 Å². The van der Waals surface area contributed by atoms with Crippen molar-refractivity contribution in [1.82, 2.24) is 10.2 Å². The Morgan fingerprint density at radius 2 is 2.17 bits per heavy atom. The summed E-state index contributed by atoms with van der Waals surface area (Å²) in [5, 5.41) is 3.54. The second kappa shape index (κ2) is 5.32. The minimum atomic E-state index is 0.569. The van der Waals surface area contributed by atoms with Gasteiger partial charge in [-0.15, -0.1) is 0 Å². The number of halogens is 1. The molecule has 1 N–H and O–H groups in total. The average molecular weight is 309 g/mol. The Hall–Kier alpha value is -0.380. The van der Waals surface area contributed by atoms with Crippen LogP contribution in [0.15, 0.2) is 28.7 Å². The molecule has 2 nitrogen and oxygen atoms in total. The zero-order valence-electron chi connectivity index (χ0n) is 10.8. The van der Waals surface area contributed by atoms with E-state index in [2.05, 4.69) is 50.4 Å². The lowest BCUT2D eigenvalue weighted by Crippen LogP contribution is -2.44. The molecule has 0 bridgehead atoms. The van der Waals surface area contributed by atoms with Gasteiger partial charge in [-0.3, -0.25) is 4.90 Å². The first-order valence-corrected chi connectivity index (χ1v) is 7.73. The van der Waals surface area contributed by atoms with Gasteiger partial charge >= 0.3 is 0 Å². The first kappa shape index (κ1) is 12.6.